The summed E-state index contributed by atoms with van der Waals surface area (Å²) in [6, 6.07) is 2.88. The number of benzene rings is 1. The number of anilines is 1. The Balaban J connectivity index is 2.73. The minimum atomic E-state index is -0.502. The summed E-state index contributed by atoms with van der Waals surface area (Å²) in [6.07, 6.45) is 0.835. The first kappa shape index (κ1) is 14.5. The third-order valence-corrected chi connectivity index (χ3v) is 2.68. The van der Waals surface area contributed by atoms with Crippen LogP contribution < -0.4 is 11.1 Å². The highest BCUT2D eigenvalue weighted by Gasteiger charge is 2.15. The van der Waals surface area contributed by atoms with Crippen molar-refractivity contribution in [2.75, 3.05) is 12.3 Å². The number of aryl methyl sites for hydroxylation is 1. The van der Waals surface area contributed by atoms with Crippen LogP contribution in [-0.2, 0) is 0 Å². The molecule has 0 saturated carbocycles. The predicted octanol–water partition coefficient (Wildman–Crippen LogP) is 2.88. The van der Waals surface area contributed by atoms with Gasteiger partial charge in [0.05, 0.1) is 5.56 Å². The molecule has 0 heterocycles. The van der Waals surface area contributed by atoms with Crippen molar-refractivity contribution in [1.29, 1.82) is 0 Å². The van der Waals surface area contributed by atoms with E-state index in [1.807, 2.05) is 0 Å². The van der Waals surface area contributed by atoms with Crippen molar-refractivity contribution in [3.8, 4) is 0 Å². The Bertz CT molecular complexity index is 450. The Labute approximate surface area is 108 Å². The van der Waals surface area contributed by atoms with E-state index < -0.39 is 11.7 Å². The van der Waals surface area contributed by atoms with Gasteiger partial charge in [-0.25, -0.2) is 4.39 Å². The van der Waals surface area contributed by atoms with Crippen LogP contribution in [0.2, 0.25) is 0 Å². The second-order valence-corrected chi connectivity index (χ2v) is 5.77. The molecule has 3 nitrogen and oxygen atoms in total. The number of halogens is 1. The number of carbonyl (C=O) groups excluding carboxylic acids is 1. The summed E-state index contributed by atoms with van der Waals surface area (Å²) in [7, 11) is 0. The molecule has 0 aromatic heterocycles. The van der Waals surface area contributed by atoms with Gasteiger partial charge in [-0.15, -0.1) is 0 Å². The summed E-state index contributed by atoms with van der Waals surface area (Å²) in [6.45, 7) is 8.38. The summed E-state index contributed by atoms with van der Waals surface area (Å²) in [4.78, 5) is 11.8. The van der Waals surface area contributed by atoms with Crippen molar-refractivity contribution in [3.05, 3.63) is 29.1 Å². The molecular formula is C14H21FN2O. The molecule has 1 aromatic rings. The molecule has 100 valence electrons. The largest absolute Gasteiger partial charge is 0.399 e. The Morgan fingerprint density at radius 2 is 2.00 bits per heavy atom. The zero-order valence-corrected chi connectivity index (χ0v) is 11.4. The van der Waals surface area contributed by atoms with E-state index >= 15 is 0 Å². The summed E-state index contributed by atoms with van der Waals surface area (Å²) in [5.41, 5.74) is 6.55. The molecule has 1 aromatic carbocycles. The molecule has 18 heavy (non-hydrogen) atoms. The Morgan fingerprint density at radius 3 is 2.56 bits per heavy atom. The fourth-order valence-corrected chi connectivity index (χ4v) is 1.61. The number of carbonyl (C=O) groups is 1. The Hall–Kier alpha value is -1.58. The van der Waals surface area contributed by atoms with Crippen molar-refractivity contribution < 1.29 is 9.18 Å². The summed E-state index contributed by atoms with van der Waals surface area (Å²) >= 11 is 0. The van der Waals surface area contributed by atoms with Gasteiger partial charge in [-0.05, 0) is 36.5 Å². The summed E-state index contributed by atoms with van der Waals surface area (Å²) in [5.74, 6) is -0.912. The average Bonchev–Trinajstić information content (AvgIpc) is 2.21. The molecule has 0 aliphatic heterocycles. The van der Waals surface area contributed by atoms with Crippen molar-refractivity contribution in [2.45, 2.75) is 34.1 Å². The van der Waals surface area contributed by atoms with E-state index in [-0.39, 0.29) is 11.0 Å². The van der Waals surface area contributed by atoms with Gasteiger partial charge in [0.1, 0.15) is 5.82 Å². The molecule has 0 aliphatic carbocycles. The molecule has 0 aliphatic rings. The van der Waals surface area contributed by atoms with E-state index in [0.29, 0.717) is 17.8 Å². The van der Waals surface area contributed by atoms with Gasteiger partial charge >= 0.3 is 0 Å². The fourth-order valence-electron chi connectivity index (χ4n) is 1.61. The zero-order chi connectivity index (χ0) is 13.9. The lowest BCUT2D eigenvalue weighted by Crippen LogP contribution is -2.28. The maximum absolute atomic E-state index is 13.8. The number of hydrogen-bond donors (Lipinski definition) is 2. The summed E-state index contributed by atoms with van der Waals surface area (Å²) in [5, 5.41) is 2.72. The zero-order valence-electron chi connectivity index (χ0n) is 11.4. The highest BCUT2D eigenvalue weighted by molar-refractivity contribution is 5.95. The lowest BCUT2D eigenvalue weighted by atomic mass is 9.92. The van der Waals surface area contributed by atoms with Gasteiger partial charge in [-0.1, -0.05) is 20.8 Å². The molecule has 4 heteroatoms. The van der Waals surface area contributed by atoms with E-state index in [1.54, 1.807) is 6.92 Å². The van der Waals surface area contributed by atoms with E-state index in [1.165, 1.54) is 12.1 Å². The van der Waals surface area contributed by atoms with Crippen LogP contribution in [0.3, 0.4) is 0 Å². The van der Waals surface area contributed by atoms with Crippen molar-refractivity contribution in [3.63, 3.8) is 0 Å². The molecule has 1 amide bonds. The molecule has 0 unspecified atom stereocenters. The highest BCUT2D eigenvalue weighted by Crippen LogP contribution is 2.19. The molecule has 0 atom stereocenters. The monoisotopic (exact) mass is 252 g/mol. The predicted molar refractivity (Wildman–Crippen MR) is 72.0 cm³/mol. The standard InChI is InChI=1S/C14H21FN2O/c1-9-7-10(16)8-11(12(9)15)13(18)17-6-5-14(2,3)4/h7-8H,5-6,16H2,1-4H3,(H,17,18). The van der Waals surface area contributed by atoms with Crippen molar-refractivity contribution in [1.82, 2.24) is 5.32 Å². The quantitative estimate of drug-likeness (QED) is 0.813. The lowest BCUT2D eigenvalue weighted by molar-refractivity contribution is 0.0945. The smallest absolute Gasteiger partial charge is 0.254 e. The highest BCUT2D eigenvalue weighted by atomic mass is 19.1. The van der Waals surface area contributed by atoms with Gasteiger partial charge in [0, 0.05) is 12.2 Å². The van der Waals surface area contributed by atoms with Gasteiger partial charge < -0.3 is 11.1 Å². The first-order chi connectivity index (χ1) is 8.20. The van der Waals surface area contributed by atoms with Crippen LogP contribution in [0.25, 0.3) is 0 Å². The van der Waals surface area contributed by atoms with E-state index in [2.05, 4.69) is 26.1 Å². The first-order valence-corrected chi connectivity index (χ1v) is 6.04. The Kier molecular flexibility index (Phi) is 4.33. The SMILES string of the molecule is Cc1cc(N)cc(C(=O)NCCC(C)(C)C)c1F. The van der Waals surface area contributed by atoms with Crippen LogP contribution in [0.5, 0.6) is 0 Å². The van der Waals surface area contributed by atoms with Crippen LogP contribution in [0, 0.1) is 18.2 Å². The first-order valence-electron chi connectivity index (χ1n) is 6.04. The second-order valence-electron chi connectivity index (χ2n) is 5.77. The number of hydrogen-bond acceptors (Lipinski definition) is 2. The van der Waals surface area contributed by atoms with Gasteiger partial charge in [0.25, 0.3) is 5.91 Å². The molecule has 0 saturated heterocycles. The molecule has 0 bridgehead atoms. The third kappa shape index (κ3) is 4.02. The van der Waals surface area contributed by atoms with E-state index in [0.717, 1.165) is 6.42 Å². The maximum Gasteiger partial charge on any atom is 0.254 e. The van der Waals surface area contributed by atoms with Gasteiger partial charge in [-0.2, -0.15) is 0 Å². The number of rotatable bonds is 3. The Morgan fingerprint density at radius 1 is 1.39 bits per heavy atom. The second kappa shape index (κ2) is 5.38. The minimum absolute atomic E-state index is 0.0152. The lowest BCUT2D eigenvalue weighted by Gasteiger charge is -2.18. The van der Waals surface area contributed by atoms with Gasteiger partial charge in [-0.3, -0.25) is 4.79 Å². The average molecular weight is 252 g/mol. The molecule has 3 N–H and O–H groups in total. The van der Waals surface area contributed by atoms with Crippen LogP contribution in [0.1, 0.15) is 43.1 Å². The molecule has 0 spiro atoms. The fraction of sp³-hybridized carbons (Fsp3) is 0.500. The minimum Gasteiger partial charge on any atom is -0.399 e. The van der Waals surface area contributed by atoms with Gasteiger partial charge in [0.2, 0.25) is 0 Å². The third-order valence-electron chi connectivity index (χ3n) is 2.68. The van der Waals surface area contributed by atoms with Crippen LogP contribution in [0.4, 0.5) is 10.1 Å². The maximum atomic E-state index is 13.8. The molecule has 0 fully saturated rings. The van der Waals surface area contributed by atoms with Crippen LogP contribution >= 0.6 is 0 Å². The molecule has 0 radical (unpaired) electrons. The van der Waals surface area contributed by atoms with Crippen molar-refractivity contribution >= 4 is 11.6 Å². The molecule has 1 rings (SSSR count). The van der Waals surface area contributed by atoms with Crippen LogP contribution in [-0.4, -0.2) is 12.5 Å². The normalized spacial score (nSPS) is 11.4. The van der Waals surface area contributed by atoms with E-state index in [9.17, 15) is 9.18 Å². The number of nitrogens with two attached hydrogens (primary N) is 1. The number of nitrogens with one attached hydrogen (secondary N) is 1. The number of amides is 1. The number of nitrogen functional groups attached to an aromatic ring is 1. The van der Waals surface area contributed by atoms with Crippen LogP contribution in [0.15, 0.2) is 12.1 Å². The van der Waals surface area contributed by atoms with Crippen molar-refractivity contribution in [2.24, 2.45) is 5.41 Å². The van der Waals surface area contributed by atoms with E-state index in [4.69, 9.17) is 5.73 Å². The topological polar surface area (TPSA) is 55.1 Å². The summed E-state index contributed by atoms with van der Waals surface area (Å²) < 4.78 is 13.8. The molecular weight excluding hydrogens is 231 g/mol. The van der Waals surface area contributed by atoms with Gasteiger partial charge in [0.15, 0.2) is 0 Å².